The van der Waals surface area contributed by atoms with Crippen molar-refractivity contribution in [2.45, 2.75) is 25.4 Å². The molecule has 0 saturated carbocycles. The number of hydrogen-bond donors (Lipinski definition) is 1. The molecule has 6 nitrogen and oxygen atoms in total. The first-order chi connectivity index (χ1) is 14.7. The van der Waals surface area contributed by atoms with Gasteiger partial charge in [0, 0.05) is 24.4 Å². The van der Waals surface area contributed by atoms with Gasteiger partial charge in [-0.1, -0.05) is 6.07 Å². The summed E-state index contributed by atoms with van der Waals surface area (Å²) in [7, 11) is 0. The normalized spacial score (nSPS) is 18.7. The van der Waals surface area contributed by atoms with Crippen molar-refractivity contribution in [3.63, 3.8) is 0 Å². The van der Waals surface area contributed by atoms with Gasteiger partial charge in [0.15, 0.2) is 17.3 Å². The molecule has 1 fully saturated rings. The van der Waals surface area contributed by atoms with E-state index in [0.29, 0.717) is 39.6 Å². The van der Waals surface area contributed by atoms with E-state index in [9.17, 15) is 4.39 Å². The third kappa shape index (κ3) is 3.94. The molecule has 1 atom stereocenters. The summed E-state index contributed by atoms with van der Waals surface area (Å²) >= 11 is 3.22. The second-order valence-corrected chi connectivity index (χ2v) is 8.51. The van der Waals surface area contributed by atoms with Gasteiger partial charge in [0.05, 0.1) is 15.7 Å². The van der Waals surface area contributed by atoms with E-state index in [0.717, 1.165) is 18.4 Å². The first kappa shape index (κ1) is 19.5. The molecule has 2 aromatic carbocycles. The van der Waals surface area contributed by atoms with Crippen molar-refractivity contribution in [3.05, 3.63) is 46.9 Å². The van der Waals surface area contributed by atoms with Crippen LogP contribution < -0.4 is 14.8 Å². The lowest BCUT2D eigenvalue weighted by atomic mass is 10.1. The third-order valence-corrected chi connectivity index (χ3v) is 6.20. The fourth-order valence-corrected chi connectivity index (χ4v) is 4.33. The van der Waals surface area contributed by atoms with Gasteiger partial charge >= 0.3 is 0 Å². The zero-order chi connectivity index (χ0) is 20.5. The van der Waals surface area contributed by atoms with Crippen LogP contribution in [0.4, 0.5) is 15.9 Å². The van der Waals surface area contributed by atoms with Crippen molar-refractivity contribution in [2.75, 3.05) is 31.6 Å². The molecule has 3 aromatic rings. The minimum absolute atomic E-state index is 0.0131. The molecule has 1 saturated heterocycles. The van der Waals surface area contributed by atoms with Crippen LogP contribution in [0.2, 0.25) is 0 Å². The van der Waals surface area contributed by atoms with Crippen molar-refractivity contribution < 1.29 is 13.9 Å². The molecule has 3 heterocycles. The fraction of sp³-hybridized carbons (Fsp3) is 0.364. The molecule has 0 radical (unpaired) electrons. The van der Waals surface area contributed by atoms with Crippen molar-refractivity contribution >= 4 is 38.3 Å². The molecule has 1 N–H and O–H groups in total. The van der Waals surface area contributed by atoms with Gasteiger partial charge < -0.3 is 19.7 Å². The average Bonchev–Trinajstić information content (AvgIpc) is 3.28. The topological polar surface area (TPSA) is 59.5 Å². The number of ether oxygens (including phenoxy) is 2. The Morgan fingerprint density at radius 3 is 2.90 bits per heavy atom. The Morgan fingerprint density at radius 1 is 1.17 bits per heavy atom. The minimum atomic E-state index is -0.371. The molecular formula is C22H22BrFN4O2. The number of rotatable bonds is 5. The van der Waals surface area contributed by atoms with Crippen LogP contribution in [0.1, 0.15) is 19.3 Å². The summed E-state index contributed by atoms with van der Waals surface area (Å²) in [6.45, 7) is 3.90. The van der Waals surface area contributed by atoms with Gasteiger partial charge in [-0.05, 0) is 60.1 Å². The summed E-state index contributed by atoms with van der Waals surface area (Å²) in [5.41, 5.74) is 1.04. The first-order valence-corrected chi connectivity index (χ1v) is 11.0. The molecule has 30 heavy (non-hydrogen) atoms. The standard InChI is InChI=1S/C22H22BrFN4O2/c23-16-4-3-5-17(21(16)24)27-22-15-10-20-19(11-18(15)25-13-26-22)29-12-14(30-20)6-9-28-7-1-2-8-28/h3-5,10-11,13-14H,1-2,6-9,12H2,(H,25,26,27). The molecule has 1 unspecified atom stereocenters. The zero-order valence-corrected chi connectivity index (χ0v) is 18.0. The highest BCUT2D eigenvalue weighted by molar-refractivity contribution is 9.10. The van der Waals surface area contributed by atoms with Crippen LogP contribution in [-0.4, -0.2) is 47.2 Å². The summed E-state index contributed by atoms with van der Waals surface area (Å²) < 4.78 is 27.0. The highest BCUT2D eigenvalue weighted by atomic mass is 79.9. The van der Waals surface area contributed by atoms with Crippen LogP contribution in [0, 0.1) is 5.82 Å². The predicted molar refractivity (Wildman–Crippen MR) is 117 cm³/mol. The quantitative estimate of drug-likeness (QED) is 0.569. The highest BCUT2D eigenvalue weighted by Gasteiger charge is 2.24. The van der Waals surface area contributed by atoms with Crippen molar-refractivity contribution in [2.24, 2.45) is 0 Å². The molecule has 0 amide bonds. The molecule has 2 aliphatic heterocycles. The number of nitrogens with zero attached hydrogens (tertiary/aromatic N) is 3. The van der Waals surface area contributed by atoms with Crippen molar-refractivity contribution in [1.29, 1.82) is 0 Å². The number of fused-ring (bicyclic) bond motifs is 2. The SMILES string of the molecule is Fc1c(Br)cccc1Nc1ncnc2cc3c(cc12)OC(CCN1CCCC1)CO3. The number of aromatic nitrogens is 2. The van der Waals surface area contributed by atoms with E-state index in [4.69, 9.17) is 9.47 Å². The Bertz CT molecular complexity index is 1070. The molecule has 0 spiro atoms. The van der Waals surface area contributed by atoms with Gasteiger partial charge in [0.25, 0.3) is 0 Å². The van der Waals surface area contributed by atoms with Crippen LogP contribution in [0.5, 0.6) is 11.5 Å². The van der Waals surface area contributed by atoms with Crippen LogP contribution >= 0.6 is 15.9 Å². The fourth-order valence-electron chi connectivity index (χ4n) is 3.97. The summed E-state index contributed by atoms with van der Waals surface area (Å²) in [5.74, 6) is 1.50. The summed E-state index contributed by atoms with van der Waals surface area (Å²) in [6.07, 6.45) is 4.96. The van der Waals surface area contributed by atoms with Gasteiger partial charge in [0.1, 0.15) is 24.9 Å². The highest BCUT2D eigenvalue weighted by Crippen LogP contribution is 2.38. The van der Waals surface area contributed by atoms with E-state index in [1.165, 1.54) is 32.3 Å². The average molecular weight is 473 g/mol. The molecule has 0 bridgehead atoms. The third-order valence-electron chi connectivity index (χ3n) is 5.59. The molecule has 8 heteroatoms. The van der Waals surface area contributed by atoms with Crippen LogP contribution in [0.3, 0.4) is 0 Å². The van der Waals surface area contributed by atoms with Gasteiger partial charge in [-0.3, -0.25) is 0 Å². The smallest absolute Gasteiger partial charge is 0.163 e. The Kier molecular flexibility index (Phi) is 5.43. The van der Waals surface area contributed by atoms with Crippen molar-refractivity contribution in [1.82, 2.24) is 14.9 Å². The van der Waals surface area contributed by atoms with E-state index >= 15 is 0 Å². The molecule has 156 valence electrons. The number of anilines is 2. The zero-order valence-electron chi connectivity index (χ0n) is 16.4. The lowest BCUT2D eigenvalue weighted by Crippen LogP contribution is -2.33. The number of halogens is 2. The van der Waals surface area contributed by atoms with Crippen LogP contribution in [0.15, 0.2) is 41.1 Å². The lowest BCUT2D eigenvalue weighted by molar-refractivity contribution is 0.0776. The molecule has 1 aromatic heterocycles. The van der Waals surface area contributed by atoms with E-state index in [1.54, 1.807) is 18.2 Å². The molecular weight excluding hydrogens is 451 g/mol. The Morgan fingerprint density at radius 2 is 2.03 bits per heavy atom. The lowest BCUT2D eigenvalue weighted by Gasteiger charge is -2.28. The predicted octanol–water partition coefficient (Wildman–Crippen LogP) is 4.90. The second kappa shape index (κ2) is 8.35. The number of likely N-dealkylation sites (tertiary alicyclic amines) is 1. The van der Waals surface area contributed by atoms with Gasteiger partial charge in [-0.2, -0.15) is 0 Å². The van der Waals surface area contributed by atoms with E-state index in [1.807, 2.05) is 12.1 Å². The monoisotopic (exact) mass is 472 g/mol. The number of hydrogen-bond acceptors (Lipinski definition) is 6. The van der Waals surface area contributed by atoms with E-state index in [-0.39, 0.29) is 11.9 Å². The Hall–Kier alpha value is -2.45. The maximum absolute atomic E-state index is 14.4. The maximum atomic E-state index is 14.4. The van der Waals surface area contributed by atoms with Gasteiger partial charge in [0.2, 0.25) is 0 Å². The largest absolute Gasteiger partial charge is 0.486 e. The Labute approximate surface area is 182 Å². The first-order valence-electron chi connectivity index (χ1n) is 10.2. The van der Waals surface area contributed by atoms with Crippen LogP contribution in [0.25, 0.3) is 10.9 Å². The van der Waals surface area contributed by atoms with E-state index < -0.39 is 0 Å². The van der Waals surface area contributed by atoms with E-state index in [2.05, 4.69) is 36.1 Å². The van der Waals surface area contributed by atoms with Crippen molar-refractivity contribution in [3.8, 4) is 11.5 Å². The summed E-state index contributed by atoms with van der Waals surface area (Å²) in [5, 5.41) is 3.83. The molecule has 0 aliphatic carbocycles. The summed E-state index contributed by atoms with van der Waals surface area (Å²) in [6, 6.07) is 8.82. The molecule has 5 rings (SSSR count). The summed E-state index contributed by atoms with van der Waals surface area (Å²) in [4.78, 5) is 11.1. The second-order valence-electron chi connectivity index (χ2n) is 7.65. The number of benzene rings is 2. The molecule has 2 aliphatic rings. The van der Waals surface area contributed by atoms with Crippen LogP contribution in [-0.2, 0) is 0 Å². The Balaban J connectivity index is 1.40. The maximum Gasteiger partial charge on any atom is 0.163 e. The number of nitrogens with one attached hydrogen (secondary N) is 1. The van der Waals surface area contributed by atoms with Gasteiger partial charge in [-0.25, -0.2) is 14.4 Å². The minimum Gasteiger partial charge on any atom is -0.486 e. The van der Waals surface area contributed by atoms with Gasteiger partial charge in [-0.15, -0.1) is 0 Å².